The largest absolute Gasteiger partial charge is 0.480 e. The fourth-order valence-corrected chi connectivity index (χ4v) is 2.93. The highest BCUT2D eigenvalue weighted by atomic mass is 32.2. The van der Waals surface area contributed by atoms with E-state index in [2.05, 4.69) is 5.10 Å². The Hall–Kier alpha value is -1.45. The van der Waals surface area contributed by atoms with Crippen LogP contribution in [0.5, 0.6) is 0 Å². The lowest BCUT2D eigenvalue weighted by molar-refractivity contribution is -0.137. The molecule has 0 aromatic carbocycles. The summed E-state index contributed by atoms with van der Waals surface area (Å²) in [5.41, 5.74) is 0. The molecule has 0 unspecified atom stereocenters. The molecule has 1 saturated heterocycles. The molecule has 0 saturated carbocycles. The summed E-state index contributed by atoms with van der Waals surface area (Å²) >= 11 is 0. The van der Waals surface area contributed by atoms with Crippen molar-refractivity contribution in [2.24, 2.45) is 0 Å². The van der Waals surface area contributed by atoms with E-state index in [1.165, 1.54) is 0 Å². The Labute approximate surface area is 97.1 Å². The van der Waals surface area contributed by atoms with Crippen molar-refractivity contribution in [1.29, 1.82) is 0 Å². The highest BCUT2D eigenvalue weighted by Crippen LogP contribution is 2.20. The lowest BCUT2D eigenvalue weighted by Crippen LogP contribution is -2.53. The molecule has 1 fully saturated rings. The fraction of sp³-hybridized carbons (Fsp3) is 0.500. The molecular weight excluding hydrogens is 250 g/mol. The number of hydrogen-bond donors (Lipinski definition) is 2. The summed E-state index contributed by atoms with van der Waals surface area (Å²) in [5.74, 6) is -1.10. The molecule has 1 aliphatic rings. The molecule has 1 aromatic heterocycles. The number of aliphatic hydroxyl groups is 1. The molecule has 0 spiro atoms. The average Bonchev–Trinajstić information content (AvgIpc) is 2.60. The molecule has 0 bridgehead atoms. The number of carboxylic acids is 1. The minimum Gasteiger partial charge on any atom is -0.480 e. The normalized spacial score (nSPS) is 17.9. The van der Waals surface area contributed by atoms with Crippen LogP contribution in [0.1, 0.15) is 0 Å². The molecule has 2 rings (SSSR count). The van der Waals surface area contributed by atoms with Gasteiger partial charge >= 0.3 is 5.97 Å². The first kappa shape index (κ1) is 12.0. The zero-order valence-electron chi connectivity index (χ0n) is 8.72. The van der Waals surface area contributed by atoms with Crippen molar-refractivity contribution in [2.75, 3.05) is 13.1 Å². The van der Waals surface area contributed by atoms with Crippen LogP contribution in [0.2, 0.25) is 0 Å². The molecule has 8 nitrogen and oxygen atoms in total. The van der Waals surface area contributed by atoms with Crippen LogP contribution in [0, 0.1) is 0 Å². The van der Waals surface area contributed by atoms with Gasteiger partial charge in [-0.25, -0.2) is 8.42 Å². The molecule has 2 N–H and O–H groups in total. The molecular formula is C8H11N3O5S. The van der Waals surface area contributed by atoms with E-state index in [0.29, 0.717) is 0 Å². The maximum atomic E-state index is 11.9. The Kier molecular flexibility index (Phi) is 2.89. The highest BCUT2D eigenvalue weighted by molar-refractivity contribution is 7.89. The maximum Gasteiger partial charge on any atom is 0.325 e. The first-order valence-electron chi connectivity index (χ1n) is 4.82. The molecule has 2 heterocycles. The molecule has 17 heavy (non-hydrogen) atoms. The number of carboxylic acid groups (broad SMARTS) is 1. The second-order valence-electron chi connectivity index (χ2n) is 3.74. The number of aromatic nitrogens is 2. The van der Waals surface area contributed by atoms with E-state index in [0.717, 1.165) is 21.4 Å². The van der Waals surface area contributed by atoms with Crippen LogP contribution in [-0.4, -0.2) is 57.9 Å². The van der Waals surface area contributed by atoms with Gasteiger partial charge in [0.1, 0.15) is 11.4 Å². The van der Waals surface area contributed by atoms with Gasteiger partial charge in [-0.15, -0.1) is 0 Å². The van der Waals surface area contributed by atoms with Crippen LogP contribution < -0.4 is 0 Å². The van der Waals surface area contributed by atoms with E-state index in [4.69, 9.17) is 10.2 Å². The third-order valence-corrected chi connectivity index (χ3v) is 4.16. The summed E-state index contributed by atoms with van der Waals surface area (Å²) in [5, 5.41) is 21.2. The summed E-state index contributed by atoms with van der Waals surface area (Å²) in [6.45, 7) is -0.267. The topological polar surface area (TPSA) is 113 Å². The van der Waals surface area contributed by atoms with Crippen molar-refractivity contribution >= 4 is 16.0 Å². The van der Waals surface area contributed by atoms with Crippen LogP contribution in [0.15, 0.2) is 17.3 Å². The molecule has 0 aliphatic carbocycles. The van der Waals surface area contributed by atoms with Gasteiger partial charge in [-0.1, -0.05) is 0 Å². The Morgan fingerprint density at radius 1 is 1.53 bits per heavy atom. The van der Waals surface area contributed by atoms with E-state index in [1.807, 2.05) is 0 Å². The molecule has 0 radical (unpaired) electrons. The van der Waals surface area contributed by atoms with Gasteiger partial charge in [0.2, 0.25) is 10.0 Å². The number of aliphatic hydroxyl groups excluding tert-OH is 1. The number of β-amino-alcohol motifs (C(OH)–C–C–N with tert-alkyl or cyclic N) is 1. The summed E-state index contributed by atoms with van der Waals surface area (Å²) in [6.07, 6.45) is 1.63. The van der Waals surface area contributed by atoms with Crippen molar-refractivity contribution in [3.63, 3.8) is 0 Å². The van der Waals surface area contributed by atoms with E-state index < -0.39 is 28.6 Å². The Balaban J connectivity index is 2.17. The lowest BCUT2D eigenvalue weighted by Gasteiger charge is -2.34. The monoisotopic (exact) mass is 261 g/mol. The third kappa shape index (κ3) is 2.30. The maximum absolute atomic E-state index is 11.9. The number of carbonyl (C=O) groups is 1. The lowest BCUT2D eigenvalue weighted by atomic mass is 10.2. The first-order chi connectivity index (χ1) is 7.89. The minimum absolute atomic E-state index is 0.0619. The van der Waals surface area contributed by atoms with Crippen molar-refractivity contribution < 1.29 is 23.4 Å². The van der Waals surface area contributed by atoms with Crippen molar-refractivity contribution in [3.8, 4) is 0 Å². The van der Waals surface area contributed by atoms with Gasteiger partial charge in [0.15, 0.2) is 0 Å². The quantitative estimate of drug-likeness (QED) is 0.670. The molecule has 94 valence electrons. The van der Waals surface area contributed by atoms with E-state index >= 15 is 0 Å². The zero-order valence-corrected chi connectivity index (χ0v) is 9.54. The molecule has 1 aromatic rings. The standard InChI is InChI=1S/C8H11N3O5S/c12-6-2-11(3-6)17(15,16)7-1-9-10(4-7)5-8(13)14/h1,4,6,12H,2-3,5H2,(H,13,14). The summed E-state index contributed by atoms with van der Waals surface area (Å²) in [4.78, 5) is 10.4. The van der Waals surface area contributed by atoms with Gasteiger partial charge in [-0.2, -0.15) is 9.40 Å². The smallest absolute Gasteiger partial charge is 0.325 e. The van der Waals surface area contributed by atoms with E-state index in [-0.39, 0.29) is 18.0 Å². The van der Waals surface area contributed by atoms with Crippen LogP contribution >= 0.6 is 0 Å². The number of hydrogen-bond acceptors (Lipinski definition) is 5. The summed E-state index contributed by atoms with van der Waals surface area (Å²) < 4.78 is 25.9. The zero-order chi connectivity index (χ0) is 12.6. The van der Waals surface area contributed by atoms with Gasteiger partial charge in [0.25, 0.3) is 0 Å². The van der Waals surface area contributed by atoms with Gasteiger partial charge < -0.3 is 10.2 Å². The van der Waals surface area contributed by atoms with E-state index in [1.54, 1.807) is 0 Å². The van der Waals surface area contributed by atoms with Crippen molar-refractivity contribution in [1.82, 2.24) is 14.1 Å². The van der Waals surface area contributed by atoms with Crippen LogP contribution in [-0.2, 0) is 21.4 Å². The SMILES string of the molecule is O=C(O)Cn1cc(S(=O)(=O)N2CC(O)C2)cn1. The van der Waals surface area contributed by atoms with E-state index in [9.17, 15) is 13.2 Å². The summed E-state index contributed by atoms with van der Waals surface area (Å²) in [7, 11) is -3.65. The molecule has 9 heteroatoms. The number of sulfonamides is 1. The second kappa shape index (κ2) is 4.09. The van der Waals surface area contributed by atoms with Crippen LogP contribution in [0.3, 0.4) is 0 Å². The number of rotatable bonds is 4. The Morgan fingerprint density at radius 2 is 2.18 bits per heavy atom. The second-order valence-corrected chi connectivity index (χ2v) is 5.68. The number of aliphatic carboxylic acids is 1. The van der Waals surface area contributed by atoms with Crippen LogP contribution in [0.4, 0.5) is 0 Å². The predicted molar refractivity (Wildman–Crippen MR) is 54.6 cm³/mol. The Bertz CT molecular complexity index is 531. The van der Waals surface area contributed by atoms with Gasteiger partial charge in [-0.3, -0.25) is 9.48 Å². The Morgan fingerprint density at radius 3 is 2.71 bits per heavy atom. The first-order valence-corrected chi connectivity index (χ1v) is 6.26. The van der Waals surface area contributed by atoms with Gasteiger partial charge in [-0.05, 0) is 0 Å². The fourth-order valence-electron chi connectivity index (χ4n) is 1.46. The number of nitrogens with zero attached hydrogens (tertiary/aromatic N) is 3. The minimum atomic E-state index is -3.65. The van der Waals surface area contributed by atoms with Crippen LogP contribution in [0.25, 0.3) is 0 Å². The molecule has 0 atom stereocenters. The third-order valence-electron chi connectivity index (χ3n) is 2.37. The highest BCUT2D eigenvalue weighted by Gasteiger charge is 2.36. The summed E-state index contributed by atoms with van der Waals surface area (Å²) in [6, 6.07) is 0. The van der Waals surface area contributed by atoms with Crippen molar-refractivity contribution in [3.05, 3.63) is 12.4 Å². The predicted octanol–water partition coefficient (Wildman–Crippen LogP) is -1.67. The van der Waals surface area contributed by atoms with Gasteiger partial charge in [0, 0.05) is 19.3 Å². The molecule has 1 aliphatic heterocycles. The van der Waals surface area contributed by atoms with Crippen molar-refractivity contribution in [2.45, 2.75) is 17.5 Å². The molecule has 0 amide bonds. The van der Waals surface area contributed by atoms with Gasteiger partial charge in [0.05, 0.1) is 12.3 Å². The average molecular weight is 261 g/mol.